The van der Waals surface area contributed by atoms with Crippen molar-refractivity contribution >= 4 is 67.9 Å². The van der Waals surface area contributed by atoms with Crippen molar-refractivity contribution in [2.24, 2.45) is 0 Å². The zero-order chi connectivity index (χ0) is 23.3. The predicted molar refractivity (Wildman–Crippen MR) is 123 cm³/mol. The van der Waals surface area contributed by atoms with Gasteiger partial charge in [-0.2, -0.15) is 0 Å². The van der Waals surface area contributed by atoms with Gasteiger partial charge in [0.25, 0.3) is 17.5 Å². The standard InChI is InChI=1S/C19H15ClN4O6S2/c1-29-12-6-7-13-14(8-12)32-17(16(13)20)18(26)21-19(31)23-22-15(25)9-30-11-4-2-10(3-5-11)24(27)28/h2-8H,9H2,1H3,(H,22,25)(H2,21,23,26,31). The first-order valence-electron chi connectivity index (χ1n) is 8.82. The number of hydrogen-bond acceptors (Lipinski definition) is 8. The fourth-order valence-electron chi connectivity index (χ4n) is 2.49. The van der Waals surface area contributed by atoms with Gasteiger partial charge in [0, 0.05) is 22.2 Å². The second kappa shape index (κ2) is 10.2. The summed E-state index contributed by atoms with van der Waals surface area (Å²) in [6, 6.07) is 10.5. The van der Waals surface area contributed by atoms with Gasteiger partial charge >= 0.3 is 0 Å². The lowest BCUT2D eigenvalue weighted by molar-refractivity contribution is -0.384. The van der Waals surface area contributed by atoms with E-state index in [2.05, 4.69) is 16.2 Å². The lowest BCUT2D eigenvalue weighted by Gasteiger charge is -2.11. The highest BCUT2D eigenvalue weighted by atomic mass is 35.5. The van der Waals surface area contributed by atoms with Crippen molar-refractivity contribution in [1.29, 1.82) is 0 Å². The molecule has 2 aromatic carbocycles. The van der Waals surface area contributed by atoms with Crippen molar-refractivity contribution in [3.8, 4) is 11.5 Å². The van der Waals surface area contributed by atoms with Crippen LogP contribution in [0.5, 0.6) is 11.5 Å². The highest BCUT2D eigenvalue weighted by Gasteiger charge is 2.18. The molecule has 166 valence electrons. The van der Waals surface area contributed by atoms with E-state index in [0.717, 1.165) is 4.70 Å². The molecule has 0 bridgehead atoms. The molecule has 0 fully saturated rings. The van der Waals surface area contributed by atoms with Crippen LogP contribution in [0.15, 0.2) is 42.5 Å². The Kier molecular flexibility index (Phi) is 7.41. The molecule has 0 radical (unpaired) electrons. The number of amides is 2. The molecule has 0 spiro atoms. The Hall–Kier alpha value is -3.48. The van der Waals surface area contributed by atoms with E-state index in [-0.39, 0.29) is 33.1 Å². The van der Waals surface area contributed by atoms with Gasteiger partial charge in [-0.3, -0.25) is 35.9 Å². The van der Waals surface area contributed by atoms with Crippen molar-refractivity contribution in [1.82, 2.24) is 16.2 Å². The molecule has 13 heteroatoms. The fraction of sp³-hybridized carbons (Fsp3) is 0.105. The summed E-state index contributed by atoms with van der Waals surface area (Å²) >= 11 is 12.5. The third kappa shape index (κ3) is 5.60. The molecule has 0 aliphatic carbocycles. The van der Waals surface area contributed by atoms with Crippen molar-refractivity contribution in [3.63, 3.8) is 0 Å². The summed E-state index contributed by atoms with van der Waals surface area (Å²) in [6.07, 6.45) is 0. The molecule has 10 nitrogen and oxygen atoms in total. The van der Waals surface area contributed by atoms with Gasteiger partial charge in [-0.05, 0) is 42.5 Å². The number of nitrogens with one attached hydrogen (secondary N) is 3. The SMILES string of the molecule is COc1ccc2c(Cl)c(C(=O)NC(=S)NNC(=O)COc3ccc([N+](=O)[O-])cc3)sc2c1. The Morgan fingerprint density at radius 1 is 1.16 bits per heavy atom. The maximum Gasteiger partial charge on any atom is 0.276 e. The average molecular weight is 495 g/mol. The normalized spacial score (nSPS) is 10.3. The Morgan fingerprint density at radius 2 is 1.84 bits per heavy atom. The number of carbonyl (C=O) groups is 2. The van der Waals surface area contributed by atoms with E-state index in [0.29, 0.717) is 11.1 Å². The summed E-state index contributed by atoms with van der Waals surface area (Å²) in [6.45, 7) is -0.384. The number of nitro benzene ring substituents is 1. The van der Waals surface area contributed by atoms with Crippen LogP contribution in [-0.4, -0.2) is 35.6 Å². The third-order valence-corrected chi connectivity index (χ3v) is 5.86. The minimum absolute atomic E-state index is 0.0950. The molecule has 2 amide bonds. The number of carbonyl (C=O) groups excluding carboxylic acids is 2. The number of fused-ring (bicyclic) bond motifs is 1. The molecule has 3 rings (SSSR count). The van der Waals surface area contributed by atoms with E-state index in [9.17, 15) is 19.7 Å². The lowest BCUT2D eigenvalue weighted by Crippen LogP contribution is -2.49. The number of benzene rings is 2. The minimum atomic E-state index is -0.591. The third-order valence-electron chi connectivity index (χ3n) is 4.00. The number of hydrogen-bond donors (Lipinski definition) is 3. The van der Waals surface area contributed by atoms with Crippen molar-refractivity contribution in [2.45, 2.75) is 0 Å². The van der Waals surface area contributed by atoms with E-state index in [4.69, 9.17) is 33.3 Å². The van der Waals surface area contributed by atoms with Crippen LogP contribution in [0.25, 0.3) is 10.1 Å². The number of methoxy groups -OCH3 is 1. The molecule has 32 heavy (non-hydrogen) atoms. The first kappa shape index (κ1) is 23.2. The van der Waals surface area contributed by atoms with Crippen molar-refractivity contribution < 1.29 is 24.0 Å². The molecular formula is C19H15ClN4O6S2. The maximum atomic E-state index is 12.5. The average Bonchev–Trinajstić information content (AvgIpc) is 3.12. The van der Waals surface area contributed by atoms with Gasteiger partial charge in [0.1, 0.15) is 16.4 Å². The van der Waals surface area contributed by atoms with Crippen LogP contribution in [-0.2, 0) is 4.79 Å². The molecule has 1 aromatic heterocycles. The Morgan fingerprint density at radius 3 is 2.50 bits per heavy atom. The zero-order valence-electron chi connectivity index (χ0n) is 16.3. The zero-order valence-corrected chi connectivity index (χ0v) is 18.7. The number of thiophene rings is 1. The summed E-state index contributed by atoms with van der Waals surface area (Å²) in [5.74, 6) is -0.216. The molecule has 0 unspecified atom stereocenters. The summed E-state index contributed by atoms with van der Waals surface area (Å²) in [5, 5.41) is 13.9. The van der Waals surface area contributed by atoms with Crippen LogP contribution < -0.4 is 25.6 Å². The van der Waals surface area contributed by atoms with Gasteiger partial charge in [0.05, 0.1) is 17.1 Å². The molecule has 0 aliphatic rings. The van der Waals surface area contributed by atoms with E-state index in [1.807, 2.05) is 0 Å². The van der Waals surface area contributed by atoms with Crippen LogP contribution in [0.1, 0.15) is 9.67 Å². The summed E-state index contributed by atoms with van der Waals surface area (Å²) < 4.78 is 11.2. The van der Waals surface area contributed by atoms with Gasteiger partial charge < -0.3 is 9.47 Å². The van der Waals surface area contributed by atoms with Crippen LogP contribution in [0.2, 0.25) is 5.02 Å². The molecule has 0 atom stereocenters. The topological polar surface area (TPSA) is 132 Å². The summed E-state index contributed by atoms with van der Waals surface area (Å²) in [7, 11) is 1.54. The molecular weight excluding hydrogens is 480 g/mol. The number of halogens is 1. The maximum absolute atomic E-state index is 12.5. The number of hydrazine groups is 1. The second-order valence-electron chi connectivity index (χ2n) is 6.10. The van der Waals surface area contributed by atoms with Gasteiger partial charge in [-0.25, -0.2) is 0 Å². The Labute approximate surface area is 195 Å². The Bertz CT molecular complexity index is 1200. The highest BCUT2D eigenvalue weighted by molar-refractivity contribution is 7.80. The molecule has 0 aliphatic heterocycles. The van der Waals surface area contributed by atoms with Crippen LogP contribution in [0.3, 0.4) is 0 Å². The van der Waals surface area contributed by atoms with Crippen LogP contribution >= 0.6 is 35.2 Å². The lowest BCUT2D eigenvalue weighted by atomic mass is 10.2. The monoisotopic (exact) mass is 494 g/mol. The van der Waals surface area contributed by atoms with Crippen LogP contribution in [0, 0.1) is 10.1 Å². The van der Waals surface area contributed by atoms with E-state index in [1.165, 1.54) is 35.6 Å². The van der Waals surface area contributed by atoms with Gasteiger partial charge in [0.15, 0.2) is 11.7 Å². The molecule has 0 saturated carbocycles. The number of nitrogens with zero attached hydrogens (tertiary/aromatic N) is 1. The van der Waals surface area contributed by atoms with E-state index >= 15 is 0 Å². The highest BCUT2D eigenvalue weighted by Crippen LogP contribution is 2.37. The first-order chi connectivity index (χ1) is 15.3. The summed E-state index contributed by atoms with van der Waals surface area (Å²) in [5.41, 5.74) is 4.56. The minimum Gasteiger partial charge on any atom is -0.497 e. The number of nitro groups is 1. The number of ether oxygens (including phenoxy) is 2. The molecule has 3 N–H and O–H groups in total. The number of thiocarbonyl (C=S) groups is 1. The van der Waals surface area contributed by atoms with Gasteiger partial charge in [-0.15, -0.1) is 11.3 Å². The predicted octanol–water partition coefficient (Wildman–Crippen LogP) is 3.19. The van der Waals surface area contributed by atoms with E-state index < -0.39 is 16.7 Å². The summed E-state index contributed by atoms with van der Waals surface area (Å²) in [4.78, 5) is 34.7. The van der Waals surface area contributed by atoms with Gasteiger partial charge in [-0.1, -0.05) is 11.6 Å². The van der Waals surface area contributed by atoms with Crippen molar-refractivity contribution in [2.75, 3.05) is 13.7 Å². The van der Waals surface area contributed by atoms with E-state index in [1.54, 1.807) is 25.3 Å². The van der Waals surface area contributed by atoms with Crippen molar-refractivity contribution in [3.05, 3.63) is 62.5 Å². The molecule has 3 aromatic rings. The van der Waals surface area contributed by atoms with Crippen LogP contribution in [0.4, 0.5) is 5.69 Å². The first-order valence-corrected chi connectivity index (χ1v) is 10.4. The molecule has 0 saturated heterocycles. The quantitative estimate of drug-likeness (QED) is 0.270. The van der Waals surface area contributed by atoms with Gasteiger partial charge in [0.2, 0.25) is 0 Å². The number of rotatable bonds is 6. The largest absolute Gasteiger partial charge is 0.497 e. The smallest absolute Gasteiger partial charge is 0.276 e. The second-order valence-corrected chi connectivity index (χ2v) is 7.94. The Balaban J connectivity index is 1.49. The fourth-order valence-corrected chi connectivity index (χ4v) is 4.07. The number of non-ortho nitro benzene ring substituents is 1. The molecule has 1 heterocycles.